The Morgan fingerprint density at radius 2 is 1.82 bits per heavy atom. The minimum absolute atomic E-state index is 0.00231. The number of phenols is 1. The summed E-state index contributed by atoms with van der Waals surface area (Å²) in [5, 5.41) is 25.8. The summed E-state index contributed by atoms with van der Waals surface area (Å²) in [6.45, 7) is 4.60. The van der Waals surface area contributed by atoms with E-state index in [9.17, 15) is 19.8 Å². The minimum Gasteiger partial charge on any atom is -0.504 e. The Morgan fingerprint density at radius 3 is 2.52 bits per heavy atom. The number of H-pyrrole nitrogens is 1. The topological polar surface area (TPSA) is 138 Å². The van der Waals surface area contributed by atoms with Gasteiger partial charge in [-0.25, -0.2) is 0 Å². The number of ketones is 2. The highest BCUT2D eigenvalue weighted by atomic mass is 16.5. The summed E-state index contributed by atoms with van der Waals surface area (Å²) in [7, 11) is 1.51. The molecule has 238 valence electrons. The van der Waals surface area contributed by atoms with Gasteiger partial charge in [0.15, 0.2) is 11.5 Å². The number of carbonyl (C=O) groups excluding carboxylic acids is 2. The second-order valence-electron chi connectivity index (χ2n) is 12.2. The van der Waals surface area contributed by atoms with Crippen LogP contribution in [0.15, 0.2) is 59.5 Å². The molecule has 0 amide bonds. The first-order valence-electron chi connectivity index (χ1n) is 16.1. The number of rotatable bonds is 17. The number of unbranched alkanes of at least 4 members (excludes halogenated alkanes) is 4. The van der Waals surface area contributed by atoms with Crippen molar-refractivity contribution in [3.8, 4) is 11.5 Å². The predicted molar refractivity (Wildman–Crippen MR) is 174 cm³/mol. The molecule has 2 aliphatic rings. The number of allylic oxidation sites excluding steroid dienone is 3. The van der Waals surface area contributed by atoms with Crippen molar-refractivity contribution >= 4 is 11.6 Å². The Labute approximate surface area is 261 Å². The van der Waals surface area contributed by atoms with Gasteiger partial charge >= 0.3 is 0 Å². The largest absolute Gasteiger partial charge is 0.504 e. The van der Waals surface area contributed by atoms with Crippen LogP contribution in [0.3, 0.4) is 0 Å². The number of methoxy groups -OCH3 is 1. The molecule has 0 bridgehead atoms. The van der Waals surface area contributed by atoms with Crippen LogP contribution in [0.5, 0.6) is 11.5 Å². The number of aromatic amines is 1. The Hall–Kier alpha value is -3.78. The molecule has 0 unspecified atom stereocenters. The fourth-order valence-corrected chi connectivity index (χ4v) is 6.55. The van der Waals surface area contributed by atoms with Gasteiger partial charge in [0.05, 0.1) is 20.1 Å². The predicted octanol–water partition coefficient (Wildman–Crippen LogP) is 5.69. The van der Waals surface area contributed by atoms with Gasteiger partial charge in [0.1, 0.15) is 17.4 Å². The van der Waals surface area contributed by atoms with Crippen molar-refractivity contribution < 1.29 is 24.5 Å². The third kappa shape index (κ3) is 7.65. The van der Waals surface area contributed by atoms with Crippen LogP contribution in [-0.4, -0.2) is 47.0 Å². The fourth-order valence-electron chi connectivity index (χ4n) is 6.55. The summed E-state index contributed by atoms with van der Waals surface area (Å²) in [5.74, 6) is 0.322. The summed E-state index contributed by atoms with van der Waals surface area (Å²) in [5.41, 5.74) is 10.9. The average Bonchev–Trinajstić information content (AvgIpc) is 3.48. The van der Waals surface area contributed by atoms with Crippen LogP contribution in [0, 0.1) is 5.41 Å². The quantitative estimate of drug-likeness (QED) is 0.116. The molecule has 0 radical (unpaired) electrons. The van der Waals surface area contributed by atoms with Crippen LogP contribution >= 0.6 is 0 Å². The van der Waals surface area contributed by atoms with E-state index in [0.717, 1.165) is 60.2 Å². The number of fused-ring (bicyclic) bond motifs is 1. The SMILES string of the molecule is CCCCCCCC(=O)CC(=O)CCc1cc(OC)c(O)c([C@@H]2C3=CCNC(N)=C3C=C[C@@]2(CO)Cc2ccc(CC)[nH]2)c1. The highest BCUT2D eigenvalue weighted by molar-refractivity contribution is 5.99. The van der Waals surface area contributed by atoms with E-state index in [1.165, 1.54) is 13.5 Å². The van der Waals surface area contributed by atoms with Crippen LogP contribution in [0.4, 0.5) is 0 Å². The lowest BCUT2D eigenvalue weighted by Gasteiger charge is -2.44. The van der Waals surface area contributed by atoms with E-state index < -0.39 is 11.3 Å². The molecule has 2 heterocycles. The molecule has 1 aromatic carbocycles. The summed E-state index contributed by atoms with van der Waals surface area (Å²) >= 11 is 0. The molecule has 2 atom stereocenters. The molecule has 1 aliphatic heterocycles. The number of aromatic hydroxyl groups is 1. The normalized spacial score (nSPS) is 19.4. The van der Waals surface area contributed by atoms with E-state index >= 15 is 0 Å². The summed E-state index contributed by atoms with van der Waals surface area (Å²) in [6, 6.07) is 7.77. The zero-order chi connectivity index (χ0) is 31.7. The van der Waals surface area contributed by atoms with Crippen LogP contribution in [0.1, 0.15) is 93.6 Å². The molecule has 1 aromatic heterocycles. The van der Waals surface area contributed by atoms with Crippen LogP contribution in [-0.2, 0) is 28.9 Å². The highest BCUT2D eigenvalue weighted by Crippen LogP contribution is 2.54. The van der Waals surface area contributed by atoms with Gasteiger partial charge in [0, 0.05) is 53.2 Å². The van der Waals surface area contributed by atoms with E-state index in [1.807, 2.05) is 24.3 Å². The number of Topliss-reactive ketones (excluding diaryl/α,β-unsaturated/α-hetero) is 2. The van der Waals surface area contributed by atoms with E-state index in [4.69, 9.17) is 10.5 Å². The van der Waals surface area contributed by atoms with E-state index in [0.29, 0.717) is 42.9 Å². The third-order valence-electron chi connectivity index (χ3n) is 9.03. The van der Waals surface area contributed by atoms with Crippen LogP contribution in [0.2, 0.25) is 0 Å². The summed E-state index contributed by atoms with van der Waals surface area (Å²) < 4.78 is 5.61. The van der Waals surface area contributed by atoms with Crippen molar-refractivity contribution in [2.45, 2.75) is 90.4 Å². The van der Waals surface area contributed by atoms with Gasteiger partial charge in [0.25, 0.3) is 0 Å². The van der Waals surface area contributed by atoms with Crippen LogP contribution < -0.4 is 15.8 Å². The van der Waals surface area contributed by atoms with E-state index in [2.05, 4.69) is 36.3 Å². The number of carbonyl (C=O) groups is 2. The molecule has 2 aromatic rings. The maximum Gasteiger partial charge on any atom is 0.161 e. The first kappa shape index (κ1) is 33.1. The van der Waals surface area contributed by atoms with Gasteiger partial charge < -0.3 is 31.0 Å². The molecule has 0 saturated carbocycles. The number of benzene rings is 1. The molecule has 0 fully saturated rings. The molecule has 1 aliphatic carbocycles. The molecule has 0 saturated heterocycles. The number of ether oxygens (including phenoxy) is 1. The Bertz CT molecular complexity index is 1420. The van der Waals surface area contributed by atoms with E-state index in [1.54, 1.807) is 6.07 Å². The number of hydrogen-bond acceptors (Lipinski definition) is 7. The summed E-state index contributed by atoms with van der Waals surface area (Å²) in [4.78, 5) is 28.7. The van der Waals surface area contributed by atoms with Gasteiger partial charge in [-0.05, 0) is 55.0 Å². The fraction of sp³-hybridized carbons (Fsp3) is 0.500. The van der Waals surface area contributed by atoms with Crippen molar-refractivity contribution in [1.29, 1.82) is 0 Å². The molecule has 4 rings (SSSR count). The molecule has 8 nitrogen and oxygen atoms in total. The van der Waals surface area contributed by atoms with E-state index in [-0.39, 0.29) is 36.8 Å². The molecule has 6 N–H and O–H groups in total. The summed E-state index contributed by atoms with van der Waals surface area (Å²) in [6.07, 6.45) is 13.8. The molecule has 0 spiro atoms. The number of aliphatic hydroxyl groups excluding tert-OH is 1. The standard InChI is InChI=1S/C36H49N3O5/c1-4-6-7-8-9-10-27(41)21-28(42)14-11-24-19-31(34(43)32(20-24)44-3)33-29-16-18-38-35(37)30(29)15-17-36(33,23-40)22-26-13-12-25(5-2)39-26/h12-13,15-17,19-20,33,38-40,43H,4-11,14,18,21-23,37H2,1-3H3/t33-,36-/m0/s1. The lowest BCUT2D eigenvalue weighted by molar-refractivity contribution is -0.127. The number of dihydropyridines is 1. The van der Waals surface area contributed by atoms with Gasteiger partial charge in [-0.15, -0.1) is 0 Å². The first-order chi connectivity index (χ1) is 21.2. The Balaban J connectivity index is 1.63. The second kappa shape index (κ2) is 15.3. The number of nitrogens with two attached hydrogens (primary N) is 1. The number of aryl methyl sites for hydroxylation is 2. The Morgan fingerprint density at radius 1 is 1.07 bits per heavy atom. The maximum absolute atomic E-state index is 12.8. The molecular formula is C36H49N3O5. The first-order valence-corrected chi connectivity index (χ1v) is 16.1. The Kier molecular flexibility index (Phi) is 11.5. The lowest BCUT2D eigenvalue weighted by Crippen LogP contribution is -2.40. The molecule has 8 heteroatoms. The van der Waals surface area contributed by atoms with Crippen LogP contribution in [0.25, 0.3) is 0 Å². The minimum atomic E-state index is -0.788. The van der Waals surface area contributed by atoms with Crippen molar-refractivity contribution in [2.75, 3.05) is 20.3 Å². The number of hydrogen-bond donors (Lipinski definition) is 5. The lowest BCUT2D eigenvalue weighted by atomic mass is 9.61. The van der Waals surface area contributed by atoms with Crippen molar-refractivity contribution in [1.82, 2.24) is 10.3 Å². The van der Waals surface area contributed by atoms with Gasteiger partial charge in [0.2, 0.25) is 0 Å². The smallest absolute Gasteiger partial charge is 0.161 e. The molecule has 44 heavy (non-hydrogen) atoms. The number of nitrogens with one attached hydrogen (secondary N) is 2. The number of aromatic nitrogens is 1. The molecular weight excluding hydrogens is 554 g/mol. The highest BCUT2D eigenvalue weighted by Gasteiger charge is 2.45. The number of aliphatic hydroxyl groups is 1. The zero-order valence-corrected chi connectivity index (χ0v) is 26.5. The van der Waals surface area contributed by atoms with Crippen molar-refractivity contribution in [3.05, 3.63) is 82.0 Å². The average molecular weight is 604 g/mol. The van der Waals surface area contributed by atoms with Crippen molar-refractivity contribution in [2.24, 2.45) is 11.1 Å². The monoisotopic (exact) mass is 603 g/mol. The van der Waals surface area contributed by atoms with Gasteiger partial charge in [-0.1, -0.05) is 63.8 Å². The number of phenolic OH excluding ortho intramolecular Hbond substituents is 1. The maximum atomic E-state index is 12.8. The zero-order valence-electron chi connectivity index (χ0n) is 26.5. The van der Waals surface area contributed by atoms with Gasteiger partial charge in [-0.2, -0.15) is 0 Å². The van der Waals surface area contributed by atoms with Gasteiger partial charge in [-0.3, -0.25) is 9.59 Å². The second-order valence-corrected chi connectivity index (χ2v) is 12.2. The third-order valence-corrected chi connectivity index (χ3v) is 9.03. The van der Waals surface area contributed by atoms with Crippen molar-refractivity contribution in [3.63, 3.8) is 0 Å².